The van der Waals surface area contributed by atoms with Gasteiger partial charge in [-0.25, -0.2) is 4.79 Å². The number of fused-ring (bicyclic) bond motifs is 2. The fraction of sp³-hybridized carbons (Fsp3) is 0.200. The molecule has 27 heavy (non-hydrogen) atoms. The van der Waals surface area contributed by atoms with E-state index in [1.54, 1.807) is 24.3 Å². The summed E-state index contributed by atoms with van der Waals surface area (Å²) in [6.45, 7) is 0.512. The van der Waals surface area contributed by atoms with E-state index in [9.17, 15) is 9.59 Å². The Hall–Kier alpha value is -3.48. The number of hydrogen-bond acceptors (Lipinski definition) is 6. The van der Waals surface area contributed by atoms with Gasteiger partial charge in [0, 0.05) is 17.5 Å². The summed E-state index contributed by atoms with van der Waals surface area (Å²) in [6, 6.07) is 15.5. The van der Waals surface area contributed by atoms with Crippen LogP contribution in [0.1, 0.15) is 0 Å². The molecule has 3 aromatic rings. The molecule has 138 valence electrons. The van der Waals surface area contributed by atoms with E-state index in [0.29, 0.717) is 36.0 Å². The molecule has 0 aliphatic carbocycles. The number of ether oxygens (including phenoxy) is 3. The Labute approximate surface area is 154 Å². The molecule has 2 heterocycles. The van der Waals surface area contributed by atoms with Gasteiger partial charge in [0.1, 0.15) is 24.0 Å². The summed E-state index contributed by atoms with van der Waals surface area (Å²) in [5, 5.41) is 3.54. The maximum absolute atomic E-state index is 12.0. The number of rotatable bonds is 5. The summed E-state index contributed by atoms with van der Waals surface area (Å²) in [7, 11) is 0. The smallest absolute Gasteiger partial charge is 0.336 e. The van der Waals surface area contributed by atoms with E-state index >= 15 is 0 Å². The summed E-state index contributed by atoms with van der Waals surface area (Å²) in [4.78, 5) is 23.3. The summed E-state index contributed by atoms with van der Waals surface area (Å²) < 4.78 is 22.0. The fourth-order valence-electron chi connectivity index (χ4n) is 2.72. The SMILES string of the molecule is O=C(COc1ccc2ccc(=O)oc2c1)NC[C@H]1COc2ccccc2O1. The van der Waals surface area contributed by atoms with Crippen molar-refractivity contribution >= 4 is 16.9 Å². The highest BCUT2D eigenvalue weighted by atomic mass is 16.6. The number of hydrogen-bond donors (Lipinski definition) is 1. The minimum Gasteiger partial charge on any atom is -0.486 e. The first-order valence-electron chi connectivity index (χ1n) is 8.49. The fourth-order valence-corrected chi connectivity index (χ4v) is 2.72. The molecular formula is C20H17NO6. The molecule has 0 saturated carbocycles. The Bertz CT molecular complexity index is 1030. The molecule has 1 aromatic heterocycles. The maximum Gasteiger partial charge on any atom is 0.336 e. The molecule has 0 bridgehead atoms. The summed E-state index contributed by atoms with van der Waals surface area (Å²) in [5.41, 5.74) is -0.0273. The number of para-hydroxylation sites is 2. The van der Waals surface area contributed by atoms with Crippen molar-refractivity contribution in [3.05, 3.63) is 65.0 Å². The van der Waals surface area contributed by atoms with Crippen LogP contribution in [0.4, 0.5) is 0 Å². The average molecular weight is 367 g/mol. The largest absolute Gasteiger partial charge is 0.486 e. The zero-order chi connectivity index (χ0) is 18.6. The van der Waals surface area contributed by atoms with Gasteiger partial charge < -0.3 is 23.9 Å². The van der Waals surface area contributed by atoms with E-state index in [2.05, 4.69) is 5.32 Å². The molecule has 1 aliphatic heterocycles. The average Bonchev–Trinajstić information content (AvgIpc) is 2.70. The van der Waals surface area contributed by atoms with E-state index < -0.39 is 5.63 Å². The number of carbonyl (C=O) groups excluding carboxylic acids is 1. The van der Waals surface area contributed by atoms with Gasteiger partial charge in [-0.05, 0) is 30.3 Å². The Morgan fingerprint density at radius 2 is 1.93 bits per heavy atom. The Balaban J connectivity index is 1.28. The molecule has 7 heteroatoms. The molecule has 2 aromatic carbocycles. The third-order valence-corrected chi connectivity index (χ3v) is 4.06. The molecule has 0 saturated heterocycles. The second-order valence-electron chi connectivity index (χ2n) is 6.04. The zero-order valence-electron chi connectivity index (χ0n) is 14.3. The highest BCUT2D eigenvalue weighted by Gasteiger charge is 2.21. The van der Waals surface area contributed by atoms with Gasteiger partial charge in [-0.15, -0.1) is 0 Å². The molecule has 0 unspecified atom stereocenters. The van der Waals surface area contributed by atoms with E-state index in [-0.39, 0.29) is 18.6 Å². The van der Waals surface area contributed by atoms with Crippen LogP contribution in [0.2, 0.25) is 0 Å². The number of carbonyl (C=O) groups is 1. The molecule has 1 amide bonds. The highest BCUT2D eigenvalue weighted by molar-refractivity contribution is 5.79. The lowest BCUT2D eigenvalue weighted by atomic mass is 10.2. The van der Waals surface area contributed by atoms with Crippen LogP contribution in [-0.2, 0) is 4.79 Å². The van der Waals surface area contributed by atoms with Crippen LogP contribution in [0.3, 0.4) is 0 Å². The molecule has 0 spiro atoms. The summed E-state index contributed by atoms with van der Waals surface area (Å²) >= 11 is 0. The Kier molecular flexibility index (Phi) is 4.65. The van der Waals surface area contributed by atoms with Crippen LogP contribution >= 0.6 is 0 Å². The maximum atomic E-state index is 12.0. The van der Waals surface area contributed by atoms with Crippen molar-refractivity contribution in [2.75, 3.05) is 19.8 Å². The van der Waals surface area contributed by atoms with Crippen LogP contribution in [0.25, 0.3) is 11.0 Å². The zero-order valence-corrected chi connectivity index (χ0v) is 14.3. The van der Waals surface area contributed by atoms with E-state index in [1.165, 1.54) is 6.07 Å². The third kappa shape index (κ3) is 4.03. The summed E-state index contributed by atoms with van der Waals surface area (Å²) in [6.07, 6.45) is -0.265. The van der Waals surface area contributed by atoms with Crippen molar-refractivity contribution in [2.45, 2.75) is 6.10 Å². The Morgan fingerprint density at radius 1 is 1.11 bits per heavy atom. The van der Waals surface area contributed by atoms with Crippen molar-refractivity contribution in [2.24, 2.45) is 0 Å². The molecule has 1 N–H and O–H groups in total. The lowest BCUT2D eigenvalue weighted by Crippen LogP contribution is -2.42. The van der Waals surface area contributed by atoms with Crippen molar-refractivity contribution in [3.8, 4) is 17.2 Å². The van der Waals surface area contributed by atoms with E-state index in [4.69, 9.17) is 18.6 Å². The van der Waals surface area contributed by atoms with Crippen LogP contribution in [-0.4, -0.2) is 31.8 Å². The lowest BCUT2D eigenvalue weighted by molar-refractivity contribution is -0.123. The van der Waals surface area contributed by atoms with Gasteiger partial charge in [-0.2, -0.15) is 0 Å². The van der Waals surface area contributed by atoms with Gasteiger partial charge in [0.05, 0.1) is 6.54 Å². The van der Waals surface area contributed by atoms with Gasteiger partial charge in [-0.3, -0.25) is 4.79 Å². The standard InChI is InChI=1S/C20H17NO6/c22-19(21-10-15-11-25-16-3-1-2-4-17(16)26-15)12-24-14-7-5-13-6-8-20(23)27-18(13)9-14/h1-9,15H,10-12H2,(H,21,22)/t15-/m0/s1. The number of amides is 1. The molecule has 1 aliphatic rings. The number of nitrogens with one attached hydrogen (secondary N) is 1. The molecule has 7 nitrogen and oxygen atoms in total. The van der Waals surface area contributed by atoms with E-state index in [0.717, 1.165) is 5.39 Å². The van der Waals surface area contributed by atoms with Crippen molar-refractivity contribution < 1.29 is 23.4 Å². The van der Waals surface area contributed by atoms with Crippen molar-refractivity contribution in [1.82, 2.24) is 5.32 Å². The molecular weight excluding hydrogens is 350 g/mol. The van der Waals surface area contributed by atoms with Crippen molar-refractivity contribution in [3.63, 3.8) is 0 Å². The molecule has 0 radical (unpaired) electrons. The van der Waals surface area contributed by atoms with Crippen molar-refractivity contribution in [1.29, 1.82) is 0 Å². The number of benzene rings is 2. The molecule has 1 atom stereocenters. The van der Waals surface area contributed by atoms with Gasteiger partial charge >= 0.3 is 5.63 Å². The first-order valence-corrected chi connectivity index (χ1v) is 8.49. The van der Waals surface area contributed by atoms with Gasteiger partial charge in [0.2, 0.25) is 0 Å². The second kappa shape index (κ2) is 7.41. The van der Waals surface area contributed by atoms with Crippen LogP contribution in [0, 0.1) is 0 Å². The van der Waals surface area contributed by atoms with Gasteiger partial charge in [0.25, 0.3) is 5.91 Å². The normalized spacial score (nSPS) is 15.3. The minimum absolute atomic E-state index is 0.160. The second-order valence-corrected chi connectivity index (χ2v) is 6.04. The van der Waals surface area contributed by atoms with Crippen LogP contribution in [0.5, 0.6) is 17.2 Å². The first-order chi connectivity index (χ1) is 13.2. The highest BCUT2D eigenvalue weighted by Crippen LogP contribution is 2.30. The topological polar surface area (TPSA) is 87.0 Å². The minimum atomic E-state index is -0.436. The predicted molar refractivity (Wildman–Crippen MR) is 97.3 cm³/mol. The third-order valence-electron chi connectivity index (χ3n) is 4.06. The lowest BCUT2D eigenvalue weighted by Gasteiger charge is -2.26. The van der Waals surface area contributed by atoms with Crippen LogP contribution in [0.15, 0.2) is 63.8 Å². The van der Waals surface area contributed by atoms with Crippen LogP contribution < -0.4 is 25.2 Å². The monoisotopic (exact) mass is 367 g/mol. The first kappa shape index (κ1) is 17.0. The predicted octanol–water partition coefficient (Wildman–Crippen LogP) is 2.13. The van der Waals surface area contributed by atoms with Gasteiger partial charge in [-0.1, -0.05) is 12.1 Å². The molecule has 0 fully saturated rings. The van der Waals surface area contributed by atoms with E-state index in [1.807, 2.05) is 24.3 Å². The van der Waals surface area contributed by atoms with Gasteiger partial charge in [0.15, 0.2) is 18.1 Å². The molecule has 4 rings (SSSR count). The summed E-state index contributed by atoms with van der Waals surface area (Å²) in [5.74, 6) is 1.52. The quantitative estimate of drug-likeness (QED) is 0.695. The Morgan fingerprint density at radius 3 is 2.81 bits per heavy atom.